The number of hydrogen-bond donors (Lipinski definition) is 4. The number of aryl methyl sites for hydroxylation is 3. The summed E-state index contributed by atoms with van der Waals surface area (Å²) in [5.74, 6) is 1.37. The molecule has 2 aliphatic rings. The molecule has 7 heteroatoms. The fourth-order valence-corrected chi connectivity index (χ4v) is 5.89. The Bertz CT molecular complexity index is 1240. The molecule has 1 amide bonds. The molecule has 2 aromatic rings. The number of likely N-dealkylation sites (tertiary alicyclic amines) is 1. The molecule has 0 aromatic heterocycles. The SMILES string of the molecule is CC/C(=C/N=C(\C)Nc1cc(C)cc(C)c1)C(=N)CNC1CC2CC1CN2C(=O)c1ccc(NC)c(C)c1. The second-order valence-electron chi connectivity index (χ2n) is 10.8. The van der Waals surface area contributed by atoms with Gasteiger partial charge in [0, 0.05) is 61.1 Å². The molecule has 1 saturated carbocycles. The highest BCUT2D eigenvalue weighted by atomic mass is 16.2. The molecule has 202 valence electrons. The Morgan fingerprint density at radius 3 is 2.47 bits per heavy atom. The largest absolute Gasteiger partial charge is 0.388 e. The van der Waals surface area contributed by atoms with Crippen molar-refractivity contribution in [2.24, 2.45) is 10.9 Å². The zero-order valence-electron chi connectivity index (χ0n) is 23.6. The van der Waals surface area contributed by atoms with E-state index in [1.807, 2.05) is 45.3 Å². The standard InChI is InChI=1S/C31H42N6O/c1-7-23(16-34-22(5)36-26-11-19(2)10-20(3)12-26)28(32)17-35-30-15-27-14-25(30)18-37(27)31(38)24-8-9-29(33-6)21(4)13-24/h8-13,16,25,27,30,32-33,35H,7,14-15,17-18H2,1-6H3,(H,34,36)/b23-16-,32-28?. The molecule has 1 saturated heterocycles. The molecule has 7 nitrogen and oxygen atoms in total. The van der Waals surface area contributed by atoms with Crippen LogP contribution in [0.5, 0.6) is 0 Å². The number of carbonyl (C=O) groups excluding carboxylic acids is 1. The van der Waals surface area contributed by atoms with Gasteiger partial charge < -0.3 is 26.3 Å². The lowest BCUT2D eigenvalue weighted by Gasteiger charge is -2.32. The van der Waals surface area contributed by atoms with Gasteiger partial charge in [0.1, 0.15) is 5.84 Å². The fourth-order valence-electron chi connectivity index (χ4n) is 5.89. The molecular formula is C31H42N6O. The highest BCUT2D eigenvalue weighted by Gasteiger charge is 2.46. The molecule has 3 unspecified atom stereocenters. The molecule has 1 aliphatic heterocycles. The summed E-state index contributed by atoms with van der Waals surface area (Å²) in [6.07, 6.45) is 4.55. The van der Waals surface area contributed by atoms with Gasteiger partial charge in [0.25, 0.3) is 5.91 Å². The smallest absolute Gasteiger partial charge is 0.254 e. The number of anilines is 2. The Morgan fingerprint density at radius 2 is 1.87 bits per heavy atom. The van der Waals surface area contributed by atoms with E-state index in [1.54, 1.807) is 0 Å². The average Bonchev–Trinajstić information content (AvgIpc) is 3.47. The summed E-state index contributed by atoms with van der Waals surface area (Å²) in [5, 5.41) is 18.8. The van der Waals surface area contributed by atoms with Crippen molar-refractivity contribution in [3.8, 4) is 0 Å². The number of amides is 1. The first kappa shape index (κ1) is 27.6. The molecule has 0 spiro atoms. The van der Waals surface area contributed by atoms with Gasteiger partial charge in [-0.05, 0) is 105 Å². The molecule has 2 fully saturated rings. The van der Waals surface area contributed by atoms with Crippen LogP contribution in [0.4, 0.5) is 11.4 Å². The van der Waals surface area contributed by atoms with Crippen LogP contribution in [0.1, 0.15) is 60.2 Å². The quantitative estimate of drug-likeness (QED) is 0.255. The van der Waals surface area contributed by atoms with Crippen LogP contribution in [-0.2, 0) is 0 Å². The van der Waals surface area contributed by atoms with Crippen molar-refractivity contribution in [2.75, 3.05) is 30.8 Å². The van der Waals surface area contributed by atoms with E-state index in [9.17, 15) is 4.79 Å². The van der Waals surface area contributed by atoms with Crippen molar-refractivity contribution in [1.82, 2.24) is 10.2 Å². The second-order valence-corrected chi connectivity index (χ2v) is 10.8. The van der Waals surface area contributed by atoms with Gasteiger partial charge >= 0.3 is 0 Å². The molecule has 3 atom stereocenters. The maximum Gasteiger partial charge on any atom is 0.254 e. The van der Waals surface area contributed by atoms with Gasteiger partial charge in [0.2, 0.25) is 0 Å². The minimum Gasteiger partial charge on any atom is -0.388 e. The van der Waals surface area contributed by atoms with Crippen LogP contribution in [0.3, 0.4) is 0 Å². The Hall–Kier alpha value is -3.45. The molecule has 38 heavy (non-hydrogen) atoms. The summed E-state index contributed by atoms with van der Waals surface area (Å²) < 4.78 is 0. The van der Waals surface area contributed by atoms with E-state index < -0.39 is 0 Å². The van der Waals surface area contributed by atoms with E-state index in [0.717, 1.165) is 59.7 Å². The van der Waals surface area contributed by atoms with Crippen molar-refractivity contribution in [2.45, 2.75) is 66.0 Å². The van der Waals surface area contributed by atoms with E-state index in [1.165, 1.54) is 11.1 Å². The molecule has 4 N–H and O–H groups in total. The number of piperidine rings is 1. The third-order valence-corrected chi connectivity index (χ3v) is 7.82. The predicted octanol–water partition coefficient (Wildman–Crippen LogP) is 5.69. The van der Waals surface area contributed by atoms with Gasteiger partial charge in [-0.3, -0.25) is 4.79 Å². The number of benzene rings is 2. The monoisotopic (exact) mass is 514 g/mol. The van der Waals surface area contributed by atoms with Crippen molar-refractivity contribution in [1.29, 1.82) is 5.41 Å². The summed E-state index contributed by atoms with van der Waals surface area (Å²) in [6.45, 7) is 11.5. The third-order valence-electron chi connectivity index (χ3n) is 7.82. The highest BCUT2D eigenvalue weighted by Crippen LogP contribution is 2.38. The molecular weight excluding hydrogens is 472 g/mol. The number of carbonyl (C=O) groups is 1. The van der Waals surface area contributed by atoms with Crippen LogP contribution in [0.15, 0.2) is 53.2 Å². The summed E-state index contributed by atoms with van der Waals surface area (Å²) >= 11 is 0. The Balaban J connectivity index is 1.29. The zero-order chi connectivity index (χ0) is 27.4. The molecule has 4 rings (SSSR count). The van der Waals surface area contributed by atoms with E-state index in [4.69, 9.17) is 5.41 Å². The molecule has 2 bridgehead atoms. The number of fused-ring (bicyclic) bond motifs is 2. The van der Waals surface area contributed by atoms with E-state index in [-0.39, 0.29) is 11.9 Å². The van der Waals surface area contributed by atoms with Crippen molar-refractivity contribution in [3.05, 3.63) is 70.4 Å². The Morgan fingerprint density at radius 1 is 1.13 bits per heavy atom. The summed E-state index contributed by atoms with van der Waals surface area (Å²) in [7, 11) is 1.90. The van der Waals surface area contributed by atoms with Crippen molar-refractivity contribution >= 4 is 28.8 Å². The van der Waals surface area contributed by atoms with Crippen molar-refractivity contribution < 1.29 is 4.79 Å². The third kappa shape index (κ3) is 6.33. The average molecular weight is 515 g/mol. The number of nitrogens with zero attached hydrogens (tertiary/aromatic N) is 2. The minimum absolute atomic E-state index is 0.133. The van der Waals surface area contributed by atoms with Crippen LogP contribution in [0.2, 0.25) is 0 Å². The van der Waals surface area contributed by atoms with Gasteiger partial charge in [-0.1, -0.05) is 13.0 Å². The van der Waals surface area contributed by atoms with E-state index >= 15 is 0 Å². The van der Waals surface area contributed by atoms with Crippen molar-refractivity contribution in [3.63, 3.8) is 0 Å². The summed E-state index contributed by atoms with van der Waals surface area (Å²) in [4.78, 5) is 19.8. The first-order valence-electron chi connectivity index (χ1n) is 13.7. The summed E-state index contributed by atoms with van der Waals surface area (Å²) in [6, 6.07) is 12.9. The summed E-state index contributed by atoms with van der Waals surface area (Å²) in [5.41, 5.74) is 7.86. The normalized spacial score (nSPS) is 21.1. The lowest BCUT2D eigenvalue weighted by Crippen LogP contribution is -2.47. The van der Waals surface area contributed by atoms with Crippen LogP contribution < -0.4 is 16.0 Å². The first-order valence-corrected chi connectivity index (χ1v) is 13.7. The number of amidine groups is 1. The van der Waals surface area contributed by atoms with Crippen LogP contribution in [0, 0.1) is 32.1 Å². The fraction of sp³-hybridized carbons (Fsp3) is 0.452. The molecule has 2 aromatic carbocycles. The Kier molecular flexibility index (Phi) is 8.67. The Labute approximate surface area is 227 Å². The van der Waals surface area contributed by atoms with Gasteiger partial charge in [-0.15, -0.1) is 0 Å². The van der Waals surface area contributed by atoms with Gasteiger partial charge in [-0.2, -0.15) is 0 Å². The topological polar surface area (TPSA) is 92.6 Å². The maximum atomic E-state index is 13.2. The van der Waals surface area contributed by atoms with E-state index in [0.29, 0.717) is 24.2 Å². The number of rotatable bonds is 9. The number of hydrogen-bond acceptors (Lipinski definition) is 5. The molecule has 1 heterocycles. The molecule has 0 radical (unpaired) electrons. The van der Waals surface area contributed by atoms with Gasteiger partial charge in [0.15, 0.2) is 0 Å². The number of nitrogens with one attached hydrogen (secondary N) is 4. The van der Waals surface area contributed by atoms with E-state index in [2.05, 4.69) is 64.8 Å². The first-order chi connectivity index (χ1) is 18.2. The predicted molar refractivity (Wildman–Crippen MR) is 159 cm³/mol. The van der Waals surface area contributed by atoms with Gasteiger partial charge in [-0.25, -0.2) is 4.99 Å². The minimum atomic E-state index is 0.133. The molecule has 1 aliphatic carbocycles. The lowest BCUT2D eigenvalue weighted by atomic mass is 10.0. The number of aliphatic imine (C=N–C) groups is 1. The second kappa shape index (κ2) is 11.9. The van der Waals surface area contributed by atoms with Crippen LogP contribution >= 0.6 is 0 Å². The zero-order valence-corrected chi connectivity index (χ0v) is 23.6. The van der Waals surface area contributed by atoms with Gasteiger partial charge in [0.05, 0.1) is 0 Å². The van der Waals surface area contributed by atoms with Crippen LogP contribution in [0.25, 0.3) is 0 Å². The highest BCUT2D eigenvalue weighted by molar-refractivity contribution is 6.00. The maximum absolute atomic E-state index is 13.2. The lowest BCUT2D eigenvalue weighted by molar-refractivity contribution is 0.0687. The van der Waals surface area contributed by atoms with Crippen LogP contribution in [-0.4, -0.2) is 54.6 Å².